The summed E-state index contributed by atoms with van der Waals surface area (Å²) < 4.78 is 18.3. The maximum atomic E-state index is 12.8. The molecule has 2 N–H and O–H groups in total. The van der Waals surface area contributed by atoms with Gasteiger partial charge in [-0.05, 0) is 31.2 Å². The molecule has 0 radical (unpaired) electrons. The molecule has 3 amide bonds. The number of carbonyl (C=O) groups excluding carboxylic acids is 2. The van der Waals surface area contributed by atoms with Crippen LogP contribution in [0.1, 0.15) is 6.92 Å². The molecule has 0 unspecified atom stereocenters. The van der Waals surface area contributed by atoms with E-state index in [1.807, 2.05) is 0 Å². The largest absolute Gasteiger partial charge is 0.431 e. The molecule has 2 aromatic rings. The van der Waals surface area contributed by atoms with Gasteiger partial charge in [-0.2, -0.15) is 0 Å². The molecule has 0 fully saturated rings. The lowest BCUT2D eigenvalue weighted by Gasteiger charge is -2.02. The molecule has 22 heavy (non-hydrogen) atoms. The fourth-order valence-corrected chi connectivity index (χ4v) is 2.17. The summed E-state index contributed by atoms with van der Waals surface area (Å²) in [6.45, 7) is 2.19. The maximum Gasteiger partial charge on any atom is 0.321 e. The van der Waals surface area contributed by atoms with Gasteiger partial charge in [0.05, 0.1) is 11.9 Å². The lowest BCUT2D eigenvalue weighted by Crippen LogP contribution is -2.40. The van der Waals surface area contributed by atoms with Gasteiger partial charge in [0.25, 0.3) is 5.22 Å². The Hall–Kier alpha value is -2.35. The van der Waals surface area contributed by atoms with Crippen molar-refractivity contribution in [3.8, 4) is 11.3 Å². The number of halogens is 1. The van der Waals surface area contributed by atoms with E-state index in [0.29, 0.717) is 23.1 Å². The predicted molar refractivity (Wildman–Crippen MR) is 79.8 cm³/mol. The fraction of sp³-hybridized carbons (Fsp3) is 0.214. The molecule has 8 heteroatoms. The van der Waals surface area contributed by atoms with Crippen LogP contribution in [-0.4, -0.2) is 29.2 Å². The number of benzene rings is 1. The van der Waals surface area contributed by atoms with Gasteiger partial charge < -0.3 is 9.73 Å². The summed E-state index contributed by atoms with van der Waals surface area (Å²) in [5.74, 6) is -0.301. The van der Waals surface area contributed by atoms with Crippen LogP contribution in [0.15, 0.2) is 40.1 Å². The highest BCUT2D eigenvalue weighted by Crippen LogP contribution is 2.25. The third kappa shape index (κ3) is 4.59. The van der Waals surface area contributed by atoms with Crippen molar-refractivity contribution in [2.75, 3.05) is 12.3 Å². The molecule has 1 heterocycles. The Morgan fingerprint density at radius 2 is 2.05 bits per heavy atom. The molecule has 1 aromatic carbocycles. The second-order valence-corrected chi connectivity index (χ2v) is 5.12. The first-order valence-electron chi connectivity index (χ1n) is 6.50. The molecular weight excluding hydrogens is 309 g/mol. The fourth-order valence-electron chi connectivity index (χ4n) is 1.57. The van der Waals surface area contributed by atoms with E-state index in [-0.39, 0.29) is 11.6 Å². The van der Waals surface area contributed by atoms with Gasteiger partial charge in [0.2, 0.25) is 5.91 Å². The second kappa shape index (κ2) is 7.60. The highest BCUT2D eigenvalue weighted by molar-refractivity contribution is 7.99. The molecule has 0 spiro atoms. The molecule has 0 aliphatic heterocycles. The normalized spacial score (nSPS) is 10.3. The first-order valence-corrected chi connectivity index (χ1v) is 7.49. The Bertz CT molecular complexity index is 658. The van der Waals surface area contributed by atoms with Crippen molar-refractivity contribution in [2.45, 2.75) is 12.1 Å². The van der Waals surface area contributed by atoms with Crippen LogP contribution in [0, 0.1) is 5.82 Å². The van der Waals surface area contributed by atoms with E-state index in [2.05, 4.69) is 15.6 Å². The minimum absolute atomic E-state index is 0.000501. The summed E-state index contributed by atoms with van der Waals surface area (Å²) in [5.41, 5.74) is 0.688. The summed E-state index contributed by atoms with van der Waals surface area (Å²) >= 11 is 1.06. The number of rotatable bonds is 5. The molecule has 0 saturated carbocycles. The van der Waals surface area contributed by atoms with Crippen LogP contribution in [0.3, 0.4) is 0 Å². The van der Waals surface area contributed by atoms with Gasteiger partial charge in [0.1, 0.15) is 5.82 Å². The van der Waals surface area contributed by atoms with E-state index < -0.39 is 11.9 Å². The molecule has 116 valence electrons. The number of nitrogens with zero attached hydrogens (tertiary/aromatic N) is 1. The van der Waals surface area contributed by atoms with Crippen molar-refractivity contribution in [1.82, 2.24) is 15.6 Å². The lowest BCUT2D eigenvalue weighted by atomic mass is 10.2. The SMILES string of the molecule is CCNC(=O)NC(=O)CSc1ncc(-c2ccc(F)cc2)o1. The Kier molecular flexibility index (Phi) is 5.54. The van der Waals surface area contributed by atoms with E-state index in [0.717, 1.165) is 11.8 Å². The number of nitrogens with one attached hydrogen (secondary N) is 2. The third-order valence-corrected chi connectivity index (χ3v) is 3.37. The van der Waals surface area contributed by atoms with Gasteiger partial charge >= 0.3 is 6.03 Å². The number of oxazole rings is 1. The summed E-state index contributed by atoms with van der Waals surface area (Å²) in [4.78, 5) is 26.7. The zero-order valence-electron chi connectivity index (χ0n) is 11.8. The topological polar surface area (TPSA) is 84.2 Å². The van der Waals surface area contributed by atoms with Crippen molar-refractivity contribution in [3.63, 3.8) is 0 Å². The van der Waals surface area contributed by atoms with Gasteiger partial charge in [-0.3, -0.25) is 10.1 Å². The first kappa shape index (κ1) is 16.0. The monoisotopic (exact) mass is 323 g/mol. The average Bonchev–Trinajstić information content (AvgIpc) is 2.95. The smallest absolute Gasteiger partial charge is 0.321 e. The van der Waals surface area contributed by atoms with Crippen molar-refractivity contribution in [3.05, 3.63) is 36.3 Å². The summed E-state index contributed by atoms with van der Waals surface area (Å²) in [5, 5.41) is 4.93. The molecular formula is C14H14FN3O3S. The average molecular weight is 323 g/mol. The minimum Gasteiger partial charge on any atom is -0.431 e. The van der Waals surface area contributed by atoms with Gasteiger partial charge in [-0.15, -0.1) is 0 Å². The van der Waals surface area contributed by atoms with E-state index in [1.54, 1.807) is 19.1 Å². The van der Waals surface area contributed by atoms with E-state index in [9.17, 15) is 14.0 Å². The number of urea groups is 1. The number of imide groups is 1. The molecule has 0 aliphatic carbocycles. The van der Waals surface area contributed by atoms with E-state index in [1.165, 1.54) is 18.3 Å². The Morgan fingerprint density at radius 1 is 1.32 bits per heavy atom. The summed E-state index contributed by atoms with van der Waals surface area (Å²) in [6.07, 6.45) is 1.50. The predicted octanol–water partition coefficient (Wildman–Crippen LogP) is 2.42. The molecule has 0 saturated heterocycles. The van der Waals surface area contributed by atoms with Crippen LogP contribution in [0.2, 0.25) is 0 Å². The Labute approximate surface area is 130 Å². The van der Waals surface area contributed by atoms with Crippen LogP contribution in [-0.2, 0) is 4.79 Å². The molecule has 0 aliphatic rings. The van der Waals surface area contributed by atoms with Crippen LogP contribution >= 0.6 is 11.8 Å². The van der Waals surface area contributed by atoms with Crippen molar-refractivity contribution < 1.29 is 18.4 Å². The number of hydrogen-bond donors (Lipinski definition) is 2. The number of aromatic nitrogens is 1. The van der Waals surface area contributed by atoms with Crippen molar-refractivity contribution in [1.29, 1.82) is 0 Å². The van der Waals surface area contributed by atoms with Gasteiger partial charge in [0.15, 0.2) is 5.76 Å². The van der Waals surface area contributed by atoms with Gasteiger partial charge in [-0.1, -0.05) is 11.8 Å². The third-order valence-electron chi connectivity index (χ3n) is 2.53. The molecule has 0 atom stereocenters. The first-order chi connectivity index (χ1) is 10.6. The quantitative estimate of drug-likeness (QED) is 0.826. The minimum atomic E-state index is -0.535. The van der Waals surface area contributed by atoms with Crippen LogP contribution in [0.5, 0.6) is 0 Å². The van der Waals surface area contributed by atoms with Gasteiger partial charge in [0, 0.05) is 12.1 Å². The molecule has 6 nitrogen and oxygen atoms in total. The van der Waals surface area contributed by atoms with E-state index in [4.69, 9.17) is 4.42 Å². The van der Waals surface area contributed by atoms with Crippen LogP contribution in [0.4, 0.5) is 9.18 Å². The van der Waals surface area contributed by atoms with E-state index >= 15 is 0 Å². The molecule has 1 aromatic heterocycles. The van der Waals surface area contributed by atoms with Crippen molar-refractivity contribution in [2.24, 2.45) is 0 Å². The Morgan fingerprint density at radius 3 is 2.73 bits per heavy atom. The second-order valence-electron chi connectivity index (χ2n) is 4.19. The zero-order valence-corrected chi connectivity index (χ0v) is 12.6. The van der Waals surface area contributed by atoms with Crippen LogP contribution in [0.25, 0.3) is 11.3 Å². The standard InChI is InChI=1S/C14H14FN3O3S/c1-2-16-13(20)18-12(19)8-22-14-17-7-11(21-14)9-3-5-10(15)6-4-9/h3-7H,2,8H2,1H3,(H2,16,18,19,20). The summed E-state index contributed by atoms with van der Waals surface area (Å²) in [7, 11) is 0. The van der Waals surface area contributed by atoms with Gasteiger partial charge in [-0.25, -0.2) is 14.2 Å². The number of carbonyl (C=O) groups is 2. The van der Waals surface area contributed by atoms with Crippen molar-refractivity contribution >= 4 is 23.7 Å². The lowest BCUT2D eigenvalue weighted by molar-refractivity contribution is -0.117. The maximum absolute atomic E-state index is 12.8. The molecule has 2 rings (SSSR count). The number of amides is 3. The number of thioether (sulfide) groups is 1. The zero-order chi connectivity index (χ0) is 15.9. The number of hydrogen-bond acceptors (Lipinski definition) is 5. The highest BCUT2D eigenvalue weighted by atomic mass is 32.2. The molecule has 0 bridgehead atoms. The highest BCUT2D eigenvalue weighted by Gasteiger charge is 2.11. The summed E-state index contributed by atoms with van der Waals surface area (Å²) in [6, 6.07) is 5.26. The Balaban J connectivity index is 1.88. The van der Waals surface area contributed by atoms with Crippen LogP contribution < -0.4 is 10.6 Å².